The Bertz CT molecular complexity index is 652. The van der Waals surface area contributed by atoms with Crippen LogP contribution in [0.1, 0.15) is 21.7 Å². The van der Waals surface area contributed by atoms with Crippen LogP contribution in [0.4, 0.5) is 5.69 Å². The van der Waals surface area contributed by atoms with E-state index in [1.54, 1.807) is 24.5 Å². The highest BCUT2D eigenvalue weighted by molar-refractivity contribution is 5.95. The predicted molar refractivity (Wildman–Crippen MR) is 71.9 cm³/mol. The van der Waals surface area contributed by atoms with Crippen LogP contribution >= 0.6 is 0 Å². The van der Waals surface area contributed by atoms with E-state index in [2.05, 4.69) is 15.1 Å². The summed E-state index contributed by atoms with van der Waals surface area (Å²) in [5, 5.41) is 17.2. The number of nitrogens with two attached hydrogens (primary N) is 1. The van der Waals surface area contributed by atoms with Crippen molar-refractivity contribution in [1.82, 2.24) is 19.7 Å². The SMILES string of the molecule is Nc1cccc(CN2CCn3cnnc3C2)c1C(=O)O. The lowest BCUT2D eigenvalue weighted by molar-refractivity contribution is 0.0695. The quantitative estimate of drug-likeness (QED) is 0.794. The van der Waals surface area contributed by atoms with E-state index in [0.29, 0.717) is 18.8 Å². The molecule has 0 fully saturated rings. The van der Waals surface area contributed by atoms with Crippen molar-refractivity contribution in [3.63, 3.8) is 0 Å². The molecule has 1 aromatic carbocycles. The Kier molecular flexibility index (Phi) is 3.11. The van der Waals surface area contributed by atoms with Crippen molar-refractivity contribution in [3.8, 4) is 0 Å². The smallest absolute Gasteiger partial charge is 0.338 e. The highest BCUT2D eigenvalue weighted by Crippen LogP contribution is 2.20. The van der Waals surface area contributed by atoms with Crippen molar-refractivity contribution in [2.45, 2.75) is 19.6 Å². The van der Waals surface area contributed by atoms with Gasteiger partial charge in [-0.3, -0.25) is 4.90 Å². The molecule has 3 N–H and O–H groups in total. The normalized spacial score (nSPS) is 15.0. The van der Waals surface area contributed by atoms with E-state index in [9.17, 15) is 9.90 Å². The zero-order valence-corrected chi connectivity index (χ0v) is 10.9. The zero-order chi connectivity index (χ0) is 14.1. The molecule has 7 heteroatoms. The summed E-state index contributed by atoms with van der Waals surface area (Å²) in [6.07, 6.45) is 1.72. The Labute approximate surface area is 115 Å². The number of benzene rings is 1. The molecule has 2 heterocycles. The minimum absolute atomic E-state index is 0.194. The number of nitrogens with zero attached hydrogens (tertiary/aromatic N) is 4. The third kappa shape index (κ3) is 2.23. The van der Waals surface area contributed by atoms with Gasteiger partial charge in [-0.15, -0.1) is 10.2 Å². The maximum absolute atomic E-state index is 11.3. The Morgan fingerprint density at radius 3 is 3.05 bits per heavy atom. The average Bonchev–Trinajstić information content (AvgIpc) is 2.85. The van der Waals surface area contributed by atoms with Crippen LogP contribution in [0.3, 0.4) is 0 Å². The van der Waals surface area contributed by atoms with Crippen LogP contribution in [-0.2, 0) is 19.6 Å². The van der Waals surface area contributed by atoms with E-state index in [4.69, 9.17) is 5.73 Å². The summed E-state index contributed by atoms with van der Waals surface area (Å²) in [5.74, 6) is -0.0877. The number of fused-ring (bicyclic) bond motifs is 1. The third-order valence-corrected chi connectivity index (χ3v) is 3.51. The number of anilines is 1. The third-order valence-electron chi connectivity index (χ3n) is 3.51. The number of hydrogen-bond acceptors (Lipinski definition) is 5. The number of hydrogen-bond donors (Lipinski definition) is 2. The first-order valence-electron chi connectivity index (χ1n) is 6.35. The molecule has 104 valence electrons. The molecule has 3 rings (SSSR count). The van der Waals surface area contributed by atoms with Crippen LogP contribution in [-0.4, -0.2) is 37.3 Å². The summed E-state index contributed by atoms with van der Waals surface area (Å²) in [4.78, 5) is 13.5. The van der Waals surface area contributed by atoms with Crippen molar-refractivity contribution in [2.24, 2.45) is 0 Å². The molecule has 1 aliphatic heterocycles. The lowest BCUT2D eigenvalue weighted by atomic mass is 10.0. The molecule has 1 aromatic heterocycles. The first-order valence-corrected chi connectivity index (χ1v) is 6.35. The summed E-state index contributed by atoms with van der Waals surface area (Å²) in [7, 11) is 0. The summed E-state index contributed by atoms with van der Waals surface area (Å²) < 4.78 is 2.01. The highest BCUT2D eigenvalue weighted by Gasteiger charge is 2.20. The number of carboxylic acid groups (broad SMARTS) is 1. The van der Waals surface area contributed by atoms with Crippen molar-refractivity contribution in [1.29, 1.82) is 0 Å². The molecule has 0 unspecified atom stereocenters. The first-order chi connectivity index (χ1) is 9.65. The number of aromatic carboxylic acids is 1. The van der Waals surface area contributed by atoms with Gasteiger partial charge in [-0.1, -0.05) is 12.1 Å². The standard InChI is InChI=1S/C13H15N5O2/c14-10-3-1-2-9(12(10)13(19)20)6-17-4-5-18-8-15-16-11(18)7-17/h1-3,8H,4-7,14H2,(H,19,20). The second kappa shape index (κ2) is 4.93. The van der Waals surface area contributed by atoms with E-state index in [-0.39, 0.29) is 5.56 Å². The fourth-order valence-corrected chi connectivity index (χ4v) is 2.50. The molecule has 0 saturated carbocycles. The number of nitrogen functional groups attached to an aromatic ring is 1. The van der Waals surface area contributed by atoms with Crippen LogP contribution < -0.4 is 5.73 Å². The van der Waals surface area contributed by atoms with Crippen molar-refractivity contribution in [3.05, 3.63) is 41.5 Å². The van der Waals surface area contributed by atoms with Gasteiger partial charge in [0.05, 0.1) is 12.1 Å². The molecular weight excluding hydrogens is 258 g/mol. The summed E-state index contributed by atoms with van der Waals surface area (Å²) in [5.41, 5.74) is 6.98. The van der Waals surface area contributed by atoms with Gasteiger partial charge in [0.15, 0.2) is 0 Å². The second-order valence-corrected chi connectivity index (χ2v) is 4.84. The van der Waals surface area contributed by atoms with Gasteiger partial charge in [-0.05, 0) is 11.6 Å². The van der Waals surface area contributed by atoms with E-state index in [1.807, 2.05) is 4.57 Å². The second-order valence-electron chi connectivity index (χ2n) is 4.84. The van der Waals surface area contributed by atoms with Gasteiger partial charge in [-0.25, -0.2) is 4.79 Å². The summed E-state index contributed by atoms with van der Waals surface area (Å²) in [6.45, 7) is 2.85. The van der Waals surface area contributed by atoms with E-state index < -0.39 is 5.97 Å². The van der Waals surface area contributed by atoms with Gasteiger partial charge in [-0.2, -0.15) is 0 Å². The fraction of sp³-hybridized carbons (Fsp3) is 0.308. The monoisotopic (exact) mass is 273 g/mol. The molecule has 0 atom stereocenters. The number of carboxylic acids is 1. The number of rotatable bonds is 3. The molecule has 0 spiro atoms. The summed E-state index contributed by atoms with van der Waals surface area (Å²) in [6, 6.07) is 5.20. The fourth-order valence-electron chi connectivity index (χ4n) is 2.50. The Morgan fingerprint density at radius 1 is 1.40 bits per heavy atom. The molecule has 1 aliphatic rings. The van der Waals surface area contributed by atoms with E-state index in [0.717, 1.165) is 24.5 Å². The highest BCUT2D eigenvalue weighted by atomic mass is 16.4. The number of carbonyl (C=O) groups is 1. The Hall–Kier alpha value is -2.41. The van der Waals surface area contributed by atoms with Gasteiger partial charge in [0, 0.05) is 25.3 Å². The van der Waals surface area contributed by atoms with Crippen LogP contribution in [0.2, 0.25) is 0 Å². The van der Waals surface area contributed by atoms with Gasteiger partial charge in [0.2, 0.25) is 0 Å². The molecule has 0 radical (unpaired) electrons. The van der Waals surface area contributed by atoms with Crippen LogP contribution in [0, 0.1) is 0 Å². The van der Waals surface area contributed by atoms with E-state index >= 15 is 0 Å². The van der Waals surface area contributed by atoms with Crippen LogP contribution in [0.25, 0.3) is 0 Å². The minimum Gasteiger partial charge on any atom is -0.478 e. The van der Waals surface area contributed by atoms with Crippen LogP contribution in [0.15, 0.2) is 24.5 Å². The van der Waals surface area contributed by atoms with Gasteiger partial charge >= 0.3 is 5.97 Å². The van der Waals surface area contributed by atoms with E-state index in [1.165, 1.54) is 0 Å². The Balaban J connectivity index is 1.83. The molecule has 0 amide bonds. The average molecular weight is 273 g/mol. The molecule has 7 nitrogen and oxygen atoms in total. The largest absolute Gasteiger partial charge is 0.478 e. The van der Waals surface area contributed by atoms with Crippen molar-refractivity contribution in [2.75, 3.05) is 12.3 Å². The molecular formula is C13H15N5O2. The first kappa shape index (κ1) is 12.6. The van der Waals surface area contributed by atoms with Gasteiger partial charge in [0.1, 0.15) is 12.2 Å². The summed E-state index contributed by atoms with van der Waals surface area (Å²) >= 11 is 0. The maximum atomic E-state index is 11.3. The molecule has 0 saturated heterocycles. The van der Waals surface area contributed by atoms with Crippen LogP contribution in [0.5, 0.6) is 0 Å². The molecule has 0 bridgehead atoms. The van der Waals surface area contributed by atoms with Crippen molar-refractivity contribution >= 4 is 11.7 Å². The van der Waals surface area contributed by atoms with Crippen molar-refractivity contribution < 1.29 is 9.90 Å². The maximum Gasteiger partial charge on any atom is 0.338 e. The molecule has 2 aromatic rings. The molecule has 0 aliphatic carbocycles. The predicted octanol–water partition coefficient (Wildman–Crippen LogP) is 0.574. The lowest BCUT2D eigenvalue weighted by Crippen LogP contribution is -2.33. The van der Waals surface area contributed by atoms with Gasteiger partial charge < -0.3 is 15.4 Å². The topological polar surface area (TPSA) is 97.3 Å². The number of aromatic nitrogens is 3. The minimum atomic E-state index is -0.988. The molecule has 20 heavy (non-hydrogen) atoms. The Morgan fingerprint density at radius 2 is 2.25 bits per heavy atom. The zero-order valence-electron chi connectivity index (χ0n) is 10.9. The van der Waals surface area contributed by atoms with Gasteiger partial charge in [0.25, 0.3) is 0 Å². The lowest BCUT2D eigenvalue weighted by Gasteiger charge is -2.27.